The van der Waals surface area contributed by atoms with E-state index in [9.17, 15) is 37.5 Å². The van der Waals surface area contributed by atoms with E-state index in [1.807, 2.05) is 0 Å². The van der Waals surface area contributed by atoms with Crippen LogP contribution in [0.5, 0.6) is 0 Å². The number of nitrogens with one attached hydrogen (secondary N) is 4. The Labute approximate surface area is 239 Å². The number of carbonyl (C=O) groups is 4. The van der Waals surface area contributed by atoms with E-state index in [0.717, 1.165) is 11.3 Å². The number of carboxylic acid groups (broad SMARTS) is 1. The van der Waals surface area contributed by atoms with Gasteiger partial charge >= 0.3 is 18.1 Å². The van der Waals surface area contributed by atoms with E-state index in [1.165, 1.54) is 48.5 Å². The van der Waals surface area contributed by atoms with Crippen molar-refractivity contribution in [2.75, 3.05) is 10.6 Å². The fourth-order valence-corrected chi connectivity index (χ4v) is 4.15. The highest BCUT2D eigenvalue weighted by Gasteiger charge is 2.43. The number of thiazole rings is 1. The largest absolute Gasteiger partial charge is 0.491 e. The minimum atomic E-state index is -5.43. The summed E-state index contributed by atoms with van der Waals surface area (Å²) in [6, 6.07) is 10.8. The fourth-order valence-electron chi connectivity index (χ4n) is 3.27. The molecule has 0 aliphatic carbocycles. The summed E-state index contributed by atoms with van der Waals surface area (Å²) in [7, 11) is 0. The number of esters is 1. The van der Waals surface area contributed by atoms with Crippen LogP contribution in [0.25, 0.3) is 0 Å². The van der Waals surface area contributed by atoms with Crippen LogP contribution in [0.15, 0.2) is 59.6 Å². The SMILES string of the molecule is Cc1nc(NC(=N)N)sc1C(=O)Nc1cccc(C(=O)N[C@@H](CC(=O)O)C(=Nc2ccccc2)OC(=O)C(F)(F)F)c1. The van der Waals surface area contributed by atoms with Crippen molar-refractivity contribution in [1.29, 1.82) is 5.41 Å². The summed E-state index contributed by atoms with van der Waals surface area (Å²) in [6.45, 7) is 1.56. The van der Waals surface area contributed by atoms with Crippen molar-refractivity contribution in [2.24, 2.45) is 10.7 Å². The Hall–Kier alpha value is -5.32. The molecule has 3 rings (SSSR count). The van der Waals surface area contributed by atoms with Gasteiger partial charge in [0.2, 0.25) is 5.90 Å². The number of guanidine groups is 1. The van der Waals surface area contributed by atoms with Gasteiger partial charge in [0, 0.05) is 11.3 Å². The molecule has 0 bridgehead atoms. The number of para-hydroxylation sites is 1. The average Bonchev–Trinajstić information content (AvgIpc) is 3.27. The summed E-state index contributed by atoms with van der Waals surface area (Å²) < 4.78 is 43.3. The predicted octanol–water partition coefficient (Wildman–Crippen LogP) is 3.42. The molecule has 1 heterocycles. The predicted molar refractivity (Wildman–Crippen MR) is 146 cm³/mol. The number of alkyl halides is 3. The van der Waals surface area contributed by atoms with Crippen LogP contribution in [-0.4, -0.2) is 57.9 Å². The van der Waals surface area contributed by atoms with Gasteiger partial charge in [0.25, 0.3) is 11.8 Å². The lowest BCUT2D eigenvalue weighted by Gasteiger charge is -2.20. The summed E-state index contributed by atoms with van der Waals surface area (Å²) in [5, 5.41) is 24.1. The summed E-state index contributed by atoms with van der Waals surface area (Å²) >= 11 is 0.925. The van der Waals surface area contributed by atoms with Crippen molar-refractivity contribution in [3.8, 4) is 0 Å². The van der Waals surface area contributed by atoms with Crippen LogP contribution in [0.4, 0.5) is 29.7 Å². The van der Waals surface area contributed by atoms with E-state index in [-0.39, 0.29) is 32.9 Å². The first-order valence-electron chi connectivity index (χ1n) is 11.7. The lowest BCUT2D eigenvalue weighted by molar-refractivity contribution is -0.191. The molecule has 7 N–H and O–H groups in total. The first kappa shape index (κ1) is 31.2. The Morgan fingerprint density at radius 3 is 2.40 bits per heavy atom. The first-order chi connectivity index (χ1) is 19.7. The number of carboxylic acids is 1. The van der Waals surface area contributed by atoms with Gasteiger partial charge in [-0.05, 0) is 37.3 Å². The van der Waals surface area contributed by atoms with Crippen molar-refractivity contribution in [2.45, 2.75) is 25.6 Å². The highest BCUT2D eigenvalue weighted by atomic mass is 32.1. The van der Waals surface area contributed by atoms with Crippen molar-refractivity contribution in [3.05, 3.63) is 70.7 Å². The van der Waals surface area contributed by atoms with Crippen LogP contribution in [0.1, 0.15) is 32.1 Å². The monoisotopic (exact) mass is 605 g/mol. The molecule has 3 aromatic rings. The molecule has 0 unspecified atom stereocenters. The molecule has 42 heavy (non-hydrogen) atoms. The van der Waals surface area contributed by atoms with Gasteiger partial charge in [-0.3, -0.25) is 19.8 Å². The number of hydrogen-bond acceptors (Lipinski definition) is 9. The molecule has 0 aliphatic rings. The molecule has 0 fully saturated rings. The van der Waals surface area contributed by atoms with Gasteiger partial charge < -0.3 is 31.5 Å². The van der Waals surface area contributed by atoms with Crippen LogP contribution >= 0.6 is 11.3 Å². The minimum Gasteiger partial charge on any atom is -0.481 e. The van der Waals surface area contributed by atoms with Crippen LogP contribution in [0.3, 0.4) is 0 Å². The number of aryl methyl sites for hydroxylation is 1. The third-order valence-corrected chi connectivity index (χ3v) is 6.11. The number of halogens is 3. The Morgan fingerprint density at radius 2 is 1.79 bits per heavy atom. The molecule has 1 aromatic heterocycles. The number of aliphatic carboxylic acids is 1. The maximum absolute atomic E-state index is 13.1. The van der Waals surface area contributed by atoms with Crippen molar-refractivity contribution in [1.82, 2.24) is 10.3 Å². The zero-order chi connectivity index (χ0) is 31.0. The number of benzene rings is 2. The quantitative estimate of drug-likeness (QED) is 0.120. The van der Waals surface area contributed by atoms with Gasteiger partial charge in [-0.2, -0.15) is 13.2 Å². The van der Waals surface area contributed by atoms with Crippen molar-refractivity contribution < 1.29 is 42.2 Å². The average molecular weight is 606 g/mol. The second kappa shape index (κ2) is 13.4. The van der Waals surface area contributed by atoms with Gasteiger partial charge in [-0.15, -0.1) is 0 Å². The van der Waals surface area contributed by atoms with E-state index in [2.05, 4.69) is 30.7 Å². The van der Waals surface area contributed by atoms with Gasteiger partial charge in [-0.1, -0.05) is 35.6 Å². The van der Waals surface area contributed by atoms with Crippen molar-refractivity contribution in [3.63, 3.8) is 0 Å². The molecule has 1 atom stereocenters. The van der Waals surface area contributed by atoms with Crippen LogP contribution in [-0.2, 0) is 14.3 Å². The third kappa shape index (κ3) is 8.85. The molecule has 13 nitrogen and oxygen atoms in total. The number of carbonyl (C=O) groups excluding carboxylic acids is 3. The first-order valence-corrected chi connectivity index (χ1v) is 12.5. The highest BCUT2D eigenvalue weighted by Crippen LogP contribution is 2.24. The van der Waals surface area contributed by atoms with E-state index in [4.69, 9.17) is 11.1 Å². The normalized spacial score (nSPS) is 12.1. The lowest BCUT2D eigenvalue weighted by Crippen LogP contribution is -2.45. The van der Waals surface area contributed by atoms with E-state index < -0.39 is 48.3 Å². The molecular weight excluding hydrogens is 583 g/mol. The number of nitrogens with two attached hydrogens (primary N) is 1. The van der Waals surface area contributed by atoms with Crippen molar-refractivity contribution >= 4 is 63.5 Å². The summed E-state index contributed by atoms with van der Waals surface area (Å²) in [5.74, 6) is -7.14. The molecule has 2 amide bonds. The summed E-state index contributed by atoms with van der Waals surface area (Å²) in [5.41, 5.74) is 5.65. The zero-order valence-corrected chi connectivity index (χ0v) is 22.3. The van der Waals surface area contributed by atoms with Crippen LogP contribution in [0, 0.1) is 12.3 Å². The fraction of sp³-hybridized carbons (Fsp3) is 0.160. The van der Waals surface area contributed by atoms with Gasteiger partial charge in [0.15, 0.2) is 11.1 Å². The number of aromatic nitrogens is 1. The Balaban J connectivity index is 1.86. The molecule has 2 aromatic carbocycles. The number of aliphatic imine (C=N–C) groups is 1. The number of rotatable bonds is 9. The number of nitrogens with zero attached hydrogens (tertiary/aromatic N) is 2. The molecular formula is C25H22F3N7O6S. The second-order valence-corrected chi connectivity index (χ2v) is 9.30. The number of amides is 2. The van der Waals surface area contributed by atoms with Gasteiger partial charge in [0.1, 0.15) is 10.9 Å². The minimum absolute atomic E-state index is 0.0249. The maximum atomic E-state index is 13.1. The second-order valence-electron chi connectivity index (χ2n) is 8.30. The number of ether oxygens (including phenoxy) is 1. The van der Waals surface area contributed by atoms with E-state index in [1.54, 1.807) is 13.0 Å². The smallest absolute Gasteiger partial charge is 0.481 e. The van der Waals surface area contributed by atoms with Crippen LogP contribution < -0.4 is 21.7 Å². The van der Waals surface area contributed by atoms with E-state index in [0.29, 0.717) is 5.69 Å². The van der Waals surface area contributed by atoms with E-state index >= 15 is 0 Å². The van der Waals surface area contributed by atoms with Gasteiger partial charge in [-0.25, -0.2) is 14.8 Å². The Bertz CT molecular complexity index is 1540. The summed E-state index contributed by atoms with van der Waals surface area (Å²) in [6.07, 6.45) is -6.42. The topological polar surface area (TPSA) is 209 Å². The molecule has 0 aliphatic heterocycles. The molecule has 0 saturated heterocycles. The molecule has 0 radical (unpaired) electrons. The van der Waals surface area contributed by atoms with Gasteiger partial charge in [0.05, 0.1) is 17.8 Å². The number of hydrogen-bond donors (Lipinski definition) is 6. The zero-order valence-electron chi connectivity index (χ0n) is 21.5. The highest BCUT2D eigenvalue weighted by molar-refractivity contribution is 7.17. The molecule has 0 saturated carbocycles. The molecule has 0 spiro atoms. The molecule has 220 valence electrons. The third-order valence-electron chi connectivity index (χ3n) is 5.03. The standard InChI is InChI=1S/C25H22F3N7O6S/c1-12-18(42-24(31-12)35-23(29)30)20(39)32-15-9-5-6-13(10-15)19(38)34-16(11-17(36)37)21(41-22(40)25(26,27)28)33-14-7-3-2-4-8-14/h2-10,16H,11H2,1H3,(H,32,39)(H,34,38)(H,36,37)(H4,29,30,31,35)/t16-/m0/s1. The maximum Gasteiger partial charge on any atom is 0.491 e. The summed E-state index contributed by atoms with van der Waals surface area (Å²) in [4.78, 5) is 57.1. The molecule has 17 heteroatoms. The van der Waals surface area contributed by atoms with Crippen LogP contribution in [0.2, 0.25) is 0 Å². The number of anilines is 2. The lowest BCUT2D eigenvalue weighted by atomic mass is 10.1. The Morgan fingerprint density at radius 1 is 1.10 bits per heavy atom. The Kier molecular flexibility index (Phi) is 9.93.